The lowest BCUT2D eigenvalue weighted by atomic mass is 9.99. The highest BCUT2D eigenvalue weighted by atomic mass is 35.5. The molecule has 0 aliphatic carbocycles. The first-order valence-electron chi connectivity index (χ1n) is 7.14. The molecule has 0 bridgehead atoms. The number of fused-ring (bicyclic) bond motifs is 1. The number of amides is 1. The second-order valence-corrected chi connectivity index (χ2v) is 5.77. The Hall–Kier alpha value is -2.66. The van der Waals surface area contributed by atoms with Gasteiger partial charge < -0.3 is 9.73 Å². The van der Waals surface area contributed by atoms with E-state index < -0.39 is 0 Å². The molecule has 5 nitrogen and oxygen atoms in total. The summed E-state index contributed by atoms with van der Waals surface area (Å²) in [5.41, 5.74) is 4.34. The lowest BCUT2D eigenvalue weighted by Crippen LogP contribution is -2.03. The van der Waals surface area contributed by atoms with E-state index in [1.807, 2.05) is 36.4 Å². The summed E-state index contributed by atoms with van der Waals surface area (Å²) in [6, 6.07) is 11.5. The van der Waals surface area contributed by atoms with Gasteiger partial charge in [-0.05, 0) is 29.3 Å². The number of hydrogen-bond acceptors (Lipinski definition) is 4. The van der Waals surface area contributed by atoms with Crippen molar-refractivity contribution >= 4 is 23.2 Å². The number of anilines is 1. The average Bonchev–Trinajstić information content (AvgIpc) is 3.11. The highest BCUT2D eigenvalue weighted by Gasteiger charge is 2.19. The summed E-state index contributed by atoms with van der Waals surface area (Å²) in [5, 5.41) is 11.2. The molecule has 2 aromatic carbocycles. The van der Waals surface area contributed by atoms with Crippen molar-refractivity contribution in [2.45, 2.75) is 13.3 Å². The van der Waals surface area contributed by atoms with Gasteiger partial charge in [-0.15, -0.1) is 10.2 Å². The van der Waals surface area contributed by atoms with Crippen molar-refractivity contribution in [2.75, 3.05) is 5.32 Å². The molecule has 2 heterocycles. The van der Waals surface area contributed by atoms with Gasteiger partial charge in [-0.2, -0.15) is 0 Å². The van der Waals surface area contributed by atoms with E-state index in [4.69, 9.17) is 16.0 Å². The van der Waals surface area contributed by atoms with Crippen molar-refractivity contribution < 1.29 is 9.21 Å². The lowest BCUT2D eigenvalue weighted by Gasteiger charge is -2.09. The first kappa shape index (κ1) is 14.0. The van der Waals surface area contributed by atoms with Gasteiger partial charge in [0.15, 0.2) is 0 Å². The zero-order valence-electron chi connectivity index (χ0n) is 12.3. The average molecular weight is 326 g/mol. The molecule has 1 aliphatic rings. The van der Waals surface area contributed by atoms with Gasteiger partial charge in [0, 0.05) is 18.2 Å². The summed E-state index contributed by atoms with van der Waals surface area (Å²) in [7, 11) is 0. The Morgan fingerprint density at radius 3 is 2.78 bits per heavy atom. The van der Waals surface area contributed by atoms with Crippen LogP contribution in [0.15, 0.2) is 40.8 Å². The highest BCUT2D eigenvalue weighted by molar-refractivity contribution is 6.36. The Bertz CT molecular complexity index is 933. The van der Waals surface area contributed by atoms with Crippen LogP contribution in [0.25, 0.3) is 22.6 Å². The molecule has 0 saturated carbocycles. The zero-order chi connectivity index (χ0) is 16.0. The van der Waals surface area contributed by atoms with Gasteiger partial charge in [-0.3, -0.25) is 4.79 Å². The fourth-order valence-corrected chi connectivity index (χ4v) is 3.04. The van der Waals surface area contributed by atoms with Crippen molar-refractivity contribution in [3.05, 3.63) is 52.9 Å². The standard InChI is InChI=1S/C17H12ClN3O2/c1-9-20-21-17(23-9)13-4-2-3-12(16(13)18)10-5-6-14-11(7-10)8-15(22)19-14/h2-7H,8H2,1H3,(H,19,22). The topological polar surface area (TPSA) is 68.0 Å². The largest absolute Gasteiger partial charge is 0.421 e. The van der Waals surface area contributed by atoms with Crippen molar-refractivity contribution in [3.8, 4) is 22.6 Å². The SMILES string of the molecule is Cc1nnc(-c2cccc(-c3ccc4c(c3)CC(=O)N4)c2Cl)o1. The van der Waals surface area contributed by atoms with Crippen LogP contribution in [0.2, 0.25) is 5.02 Å². The molecule has 0 fully saturated rings. The third kappa shape index (κ3) is 2.39. The zero-order valence-corrected chi connectivity index (χ0v) is 13.0. The number of carbonyl (C=O) groups excluding carboxylic acids is 1. The summed E-state index contributed by atoms with van der Waals surface area (Å²) in [4.78, 5) is 11.5. The Morgan fingerprint density at radius 2 is 2.00 bits per heavy atom. The first-order chi connectivity index (χ1) is 11.1. The van der Waals surface area contributed by atoms with Crippen molar-refractivity contribution in [3.63, 3.8) is 0 Å². The van der Waals surface area contributed by atoms with Crippen LogP contribution < -0.4 is 5.32 Å². The molecule has 4 rings (SSSR count). The minimum Gasteiger partial charge on any atom is -0.421 e. The molecule has 0 saturated heterocycles. The smallest absolute Gasteiger partial charge is 0.249 e. The fourth-order valence-electron chi connectivity index (χ4n) is 2.72. The number of halogens is 1. The summed E-state index contributed by atoms with van der Waals surface area (Å²) in [6.45, 7) is 1.73. The molecule has 1 N–H and O–H groups in total. The predicted octanol–water partition coefficient (Wildman–Crippen LogP) is 3.86. The Kier molecular flexibility index (Phi) is 3.16. The number of rotatable bonds is 2. The van der Waals surface area contributed by atoms with E-state index in [1.165, 1.54) is 0 Å². The van der Waals surface area contributed by atoms with Crippen molar-refractivity contribution in [1.29, 1.82) is 0 Å². The van der Waals surface area contributed by atoms with Gasteiger partial charge in [0.1, 0.15) is 0 Å². The molecule has 0 radical (unpaired) electrons. The maximum Gasteiger partial charge on any atom is 0.249 e. The Balaban J connectivity index is 1.81. The first-order valence-corrected chi connectivity index (χ1v) is 7.52. The molecule has 6 heteroatoms. The van der Waals surface area contributed by atoms with E-state index in [0.29, 0.717) is 28.8 Å². The van der Waals surface area contributed by atoms with E-state index >= 15 is 0 Å². The second-order valence-electron chi connectivity index (χ2n) is 5.39. The van der Waals surface area contributed by atoms with Gasteiger partial charge in [-0.25, -0.2) is 0 Å². The van der Waals surface area contributed by atoms with E-state index in [1.54, 1.807) is 6.92 Å². The maximum atomic E-state index is 11.5. The van der Waals surface area contributed by atoms with Gasteiger partial charge >= 0.3 is 0 Å². The van der Waals surface area contributed by atoms with Crippen LogP contribution in [-0.2, 0) is 11.2 Å². The third-order valence-electron chi connectivity index (χ3n) is 3.80. The predicted molar refractivity (Wildman–Crippen MR) is 87.3 cm³/mol. The third-order valence-corrected chi connectivity index (χ3v) is 4.20. The molecule has 1 aromatic heterocycles. The van der Waals surface area contributed by atoms with Crippen LogP contribution in [-0.4, -0.2) is 16.1 Å². The van der Waals surface area contributed by atoms with E-state index in [-0.39, 0.29) is 5.91 Å². The van der Waals surface area contributed by atoms with Gasteiger partial charge in [-0.1, -0.05) is 29.8 Å². The van der Waals surface area contributed by atoms with Crippen molar-refractivity contribution in [1.82, 2.24) is 10.2 Å². The molecule has 0 atom stereocenters. The van der Waals surface area contributed by atoms with Crippen LogP contribution in [0.4, 0.5) is 5.69 Å². The number of aromatic nitrogens is 2. The highest BCUT2D eigenvalue weighted by Crippen LogP contribution is 2.37. The molecule has 0 spiro atoms. The minimum absolute atomic E-state index is 0.0123. The minimum atomic E-state index is 0.0123. The van der Waals surface area contributed by atoms with E-state index in [2.05, 4.69) is 15.5 Å². The number of carbonyl (C=O) groups is 1. The maximum absolute atomic E-state index is 11.5. The summed E-state index contributed by atoms with van der Waals surface area (Å²) in [5.74, 6) is 0.897. The van der Waals surface area contributed by atoms with Crippen molar-refractivity contribution in [2.24, 2.45) is 0 Å². The monoisotopic (exact) mass is 325 g/mol. The summed E-state index contributed by atoms with van der Waals surface area (Å²) < 4.78 is 5.47. The molecule has 23 heavy (non-hydrogen) atoms. The number of nitrogens with zero attached hydrogens (tertiary/aromatic N) is 2. The van der Waals surface area contributed by atoms with Crippen LogP contribution >= 0.6 is 11.6 Å². The number of aryl methyl sites for hydroxylation is 1. The quantitative estimate of drug-likeness (QED) is 0.776. The molecular formula is C17H12ClN3O2. The fraction of sp³-hybridized carbons (Fsp3) is 0.118. The van der Waals surface area contributed by atoms with Gasteiger partial charge in [0.05, 0.1) is 17.0 Å². The van der Waals surface area contributed by atoms with Crippen LogP contribution in [0.3, 0.4) is 0 Å². The lowest BCUT2D eigenvalue weighted by molar-refractivity contribution is -0.115. The van der Waals surface area contributed by atoms with E-state index in [9.17, 15) is 4.79 Å². The molecule has 0 unspecified atom stereocenters. The molecule has 3 aromatic rings. The normalized spacial score (nSPS) is 13.0. The molecule has 1 amide bonds. The molecule has 114 valence electrons. The van der Waals surface area contributed by atoms with E-state index in [0.717, 1.165) is 22.4 Å². The summed E-state index contributed by atoms with van der Waals surface area (Å²) in [6.07, 6.45) is 0.392. The molecular weight excluding hydrogens is 314 g/mol. The molecule has 1 aliphatic heterocycles. The summed E-state index contributed by atoms with van der Waals surface area (Å²) >= 11 is 6.56. The number of nitrogens with one attached hydrogen (secondary N) is 1. The van der Waals surface area contributed by atoms with Crippen LogP contribution in [0.1, 0.15) is 11.5 Å². The number of hydrogen-bond donors (Lipinski definition) is 1. The van der Waals surface area contributed by atoms with Crippen LogP contribution in [0.5, 0.6) is 0 Å². The Morgan fingerprint density at radius 1 is 1.17 bits per heavy atom. The Labute approximate surface area is 137 Å². The van der Waals surface area contributed by atoms with Gasteiger partial charge in [0.2, 0.25) is 17.7 Å². The number of benzene rings is 2. The second kappa shape index (κ2) is 5.21. The van der Waals surface area contributed by atoms with Crippen LogP contribution in [0, 0.1) is 6.92 Å². The van der Waals surface area contributed by atoms with Gasteiger partial charge in [0.25, 0.3) is 0 Å².